The lowest BCUT2D eigenvalue weighted by Gasteiger charge is -2.02. The highest BCUT2D eigenvalue weighted by atomic mass is 35.5. The van der Waals surface area contributed by atoms with E-state index in [0.29, 0.717) is 6.29 Å². The van der Waals surface area contributed by atoms with Crippen LogP contribution in [0.3, 0.4) is 0 Å². The average Bonchev–Trinajstić information content (AvgIpc) is 2.11. The molecule has 0 aliphatic rings. The van der Waals surface area contributed by atoms with Crippen LogP contribution in [0, 0.1) is 5.82 Å². The molecule has 0 spiro atoms. The summed E-state index contributed by atoms with van der Waals surface area (Å²) in [6.07, 6.45) is 0.117. The first-order valence-electron chi connectivity index (χ1n) is 3.67. The molecule has 0 bridgehead atoms. The third-order valence-electron chi connectivity index (χ3n) is 1.58. The first kappa shape index (κ1) is 11.1. The largest absolute Gasteiger partial charge is 0.303 e. The Kier molecular flexibility index (Phi) is 3.61. The van der Waals surface area contributed by atoms with Crippen LogP contribution in [0.2, 0.25) is 10.0 Å². The molecular weight excluding hydrogens is 230 g/mol. The third-order valence-corrected chi connectivity index (χ3v) is 2.18. The molecule has 1 aromatic rings. The van der Waals surface area contributed by atoms with Crippen LogP contribution in [0.25, 0.3) is 0 Å². The maximum absolute atomic E-state index is 12.9. The molecule has 0 N–H and O–H groups in total. The fourth-order valence-electron chi connectivity index (χ4n) is 0.922. The van der Waals surface area contributed by atoms with E-state index in [9.17, 15) is 14.0 Å². The van der Waals surface area contributed by atoms with Crippen molar-refractivity contribution in [1.82, 2.24) is 0 Å². The third kappa shape index (κ3) is 2.30. The van der Waals surface area contributed by atoms with E-state index in [1.807, 2.05) is 0 Å². The van der Waals surface area contributed by atoms with Gasteiger partial charge < -0.3 is 4.79 Å². The average molecular weight is 235 g/mol. The second-order valence-corrected chi connectivity index (χ2v) is 3.35. The SMILES string of the molecule is O=CCC(=O)c1cc(F)c(Cl)cc1Cl. The van der Waals surface area contributed by atoms with Gasteiger partial charge in [-0.25, -0.2) is 4.39 Å². The fraction of sp³-hybridized carbons (Fsp3) is 0.111. The first-order valence-corrected chi connectivity index (χ1v) is 4.43. The van der Waals surface area contributed by atoms with Gasteiger partial charge in [0.15, 0.2) is 5.78 Å². The molecule has 1 rings (SSSR count). The molecule has 0 atom stereocenters. The van der Waals surface area contributed by atoms with Crippen LogP contribution in [0.4, 0.5) is 4.39 Å². The Labute approximate surface area is 89.6 Å². The van der Waals surface area contributed by atoms with Crippen molar-refractivity contribution in [3.05, 3.63) is 33.6 Å². The number of halogens is 3. The molecule has 0 aliphatic heterocycles. The number of benzene rings is 1. The molecule has 0 aliphatic carbocycles. The van der Waals surface area contributed by atoms with Crippen molar-refractivity contribution in [1.29, 1.82) is 0 Å². The minimum absolute atomic E-state index is 0.0272. The predicted molar refractivity (Wildman–Crippen MR) is 51.4 cm³/mol. The van der Waals surface area contributed by atoms with E-state index >= 15 is 0 Å². The summed E-state index contributed by atoms with van der Waals surface area (Å²) in [7, 11) is 0. The Morgan fingerprint density at radius 2 is 2.00 bits per heavy atom. The van der Waals surface area contributed by atoms with Crippen LogP contribution in [0.5, 0.6) is 0 Å². The molecule has 0 amide bonds. The fourth-order valence-corrected chi connectivity index (χ4v) is 1.41. The molecule has 14 heavy (non-hydrogen) atoms. The molecule has 5 heteroatoms. The van der Waals surface area contributed by atoms with E-state index in [1.165, 1.54) is 0 Å². The topological polar surface area (TPSA) is 34.1 Å². The number of hydrogen-bond donors (Lipinski definition) is 0. The van der Waals surface area contributed by atoms with E-state index in [4.69, 9.17) is 23.2 Å². The zero-order chi connectivity index (χ0) is 10.7. The van der Waals surface area contributed by atoms with Crippen LogP contribution in [0.15, 0.2) is 12.1 Å². The van der Waals surface area contributed by atoms with Crippen molar-refractivity contribution < 1.29 is 14.0 Å². The number of rotatable bonds is 3. The van der Waals surface area contributed by atoms with Gasteiger partial charge in [-0.05, 0) is 12.1 Å². The van der Waals surface area contributed by atoms with Crippen LogP contribution >= 0.6 is 23.2 Å². The second-order valence-electron chi connectivity index (χ2n) is 2.54. The van der Waals surface area contributed by atoms with Crippen molar-refractivity contribution in [2.24, 2.45) is 0 Å². The molecule has 0 aromatic heterocycles. The standard InChI is InChI=1S/C9H5Cl2FO2/c10-6-4-7(11)8(12)3-5(6)9(14)1-2-13/h2-4H,1H2. The smallest absolute Gasteiger partial charge is 0.171 e. The van der Waals surface area contributed by atoms with E-state index < -0.39 is 11.6 Å². The summed E-state index contributed by atoms with van der Waals surface area (Å²) in [5.74, 6) is -1.26. The van der Waals surface area contributed by atoms with Gasteiger partial charge in [0.2, 0.25) is 0 Å². The van der Waals surface area contributed by atoms with Gasteiger partial charge in [0.25, 0.3) is 0 Å². The van der Waals surface area contributed by atoms with Crippen LogP contribution in [-0.4, -0.2) is 12.1 Å². The van der Waals surface area contributed by atoms with Gasteiger partial charge in [-0.2, -0.15) is 0 Å². The summed E-state index contributed by atoms with van der Waals surface area (Å²) in [5, 5.41) is -0.110. The van der Waals surface area contributed by atoms with Crippen molar-refractivity contribution in [2.45, 2.75) is 6.42 Å². The Hall–Kier alpha value is -0.930. The van der Waals surface area contributed by atoms with Crippen LogP contribution in [0.1, 0.15) is 16.8 Å². The summed E-state index contributed by atoms with van der Waals surface area (Å²) < 4.78 is 12.9. The lowest BCUT2D eigenvalue weighted by Crippen LogP contribution is -2.01. The highest BCUT2D eigenvalue weighted by Gasteiger charge is 2.13. The summed E-state index contributed by atoms with van der Waals surface area (Å²) in [4.78, 5) is 21.3. The quantitative estimate of drug-likeness (QED) is 0.349. The molecule has 0 saturated carbocycles. The summed E-state index contributed by atoms with van der Waals surface area (Å²) in [6, 6.07) is 2.06. The number of carbonyl (C=O) groups excluding carboxylic acids is 2. The summed E-state index contributed by atoms with van der Waals surface area (Å²) >= 11 is 11.1. The zero-order valence-corrected chi connectivity index (χ0v) is 8.40. The molecule has 0 radical (unpaired) electrons. The molecule has 0 unspecified atom stereocenters. The van der Waals surface area contributed by atoms with Crippen molar-refractivity contribution >= 4 is 35.3 Å². The van der Waals surface area contributed by atoms with Gasteiger partial charge in [0.05, 0.1) is 16.5 Å². The first-order chi connectivity index (χ1) is 6.56. The Morgan fingerprint density at radius 3 is 2.57 bits per heavy atom. The van der Waals surface area contributed by atoms with E-state index in [-0.39, 0.29) is 22.0 Å². The molecular formula is C9H5Cl2FO2. The molecule has 0 saturated heterocycles. The lowest BCUT2D eigenvalue weighted by atomic mass is 10.1. The van der Waals surface area contributed by atoms with Gasteiger partial charge in [-0.3, -0.25) is 4.79 Å². The molecule has 1 aromatic carbocycles. The number of carbonyl (C=O) groups is 2. The second kappa shape index (κ2) is 4.53. The predicted octanol–water partition coefficient (Wildman–Crippen LogP) is 2.90. The minimum Gasteiger partial charge on any atom is -0.303 e. The number of Topliss-reactive ketones (excluding diaryl/α,β-unsaturated/α-hetero) is 1. The van der Waals surface area contributed by atoms with Gasteiger partial charge in [-0.15, -0.1) is 0 Å². The maximum Gasteiger partial charge on any atom is 0.171 e. The summed E-state index contributed by atoms with van der Waals surface area (Å²) in [5.41, 5.74) is -0.0272. The summed E-state index contributed by atoms with van der Waals surface area (Å²) in [6.45, 7) is 0. The highest BCUT2D eigenvalue weighted by Crippen LogP contribution is 2.24. The van der Waals surface area contributed by atoms with Crippen molar-refractivity contribution in [3.8, 4) is 0 Å². The van der Waals surface area contributed by atoms with Gasteiger partial charge >= 0.3 is 0 Å². The number of ketones is 1. The van der Waals surface area contributed by atoms with Gasteiger partial charge in [-0.1, -0.05) is 23.2 Å². The molecule has 2 nitrogen and oxygen atoms in total. The Morgan fingerprint density at radius 1 is 1.36 bits per heavy atom. The number of hydrogen-bond acceptors (Lipinski definition) is 2. The molecule has 74 valence electrons. The van der Waals surface area contributed by atoms with E-state index in [1.54, 1.807) is 0 Å². The maximum atomic E-state index is 12.9. The van der Waals surface area contributed by atoms with E-state index in [2.05, 4.69) is 0 Å². The molecule has 0 heterocycles. The monoisotopic (exact) mass is 234 g/mol. The molecule has 0 fully saturated rings. The van der Waals surface area contributed by atoms with Crippen molar-refractivity contribution in [2.75, 3.05) is 0 Å². The van der Waals surface area contributed by atoms with Crippen molar-refractivity contribution in [3.63, 3.8) is 0 Å². The Bertz CT molecular complexity index is 391. The number of aldehydes is 1. The van der Waals surface area contributed by atoms with E-state index in [0.717, 1.165) is 12.1 Å². The zero-order valence-electron chi connectivity index (χ0n) is 6.89. The Balaban J connectivity index is 3.15. The highest BCUT2D eigenvalue weighted by molar-refractivity contribution is 6.37. The van der Waals surface area contributed by atoms with Gasteiger partial charge in [0, 0.05) is 5.56 Å². The normalized spacial score (nSPS) is 9.93. The van der Waals surface area contributed by atoms with Crippen LogP contribution in [-0.2, 0) is 4.79 Å². The minimum atomic E-state index is -0.731. The van der Waals surface area contributed by atoms with Crippen LogP contribution < -0.4 is 0 Å². The van der Waals surface area contributed by atoms with Gasteiger partial charge in [0.1, 0.15) is 12.1 Å². The lowest BCUT2D eigenvalue weighted by molar-refractivity contribution is -0.107.